The van der Waals surface area contributed by atoms with Gasteiger partial charge < -0.3 is 0 Å². The van der Waals surface area contributed by atoms with Crippen LogP contribution >= 0.6 is 23.5 Å². The third-order valence-corrected chi connectivity index (χ3v) is 9.10. The fourth-order valence-electron chi connectivity index (χ4n) is 5.69. The molecule has 10 nitrogen and oxygen atoms in total. The molecule has 0 spiro atoms. The number of hydrogen-bond acceptors (Lipinski definition) is 8. The molecule has 2 aliphatic rings. The summed E-state index contributed by atoms with van der Waals surface area (Å²) in [5.74, 6) is -0.764. The molecule has 0 radical (unpaired) electrons. The van der Waals surface area contributed by atoms with Gasteiger partial charge in [-0.2, -0.15) is 10.2 Å². The van der Waals surface area contributed by atoms with E-state index in [-0.39, 0.29) is 11.1 Å². The number of amides is 4. The van der Waals surface area contributed by atoms with E-state index in [1.165, 1.54) is 33.3 Å². The molecule has 4 aromatic rings. The number of aromatic amines is 2. The average Bonchev–Trinajstić information content (AvgIpc) is 3.42. The Bertz CT molecular complexity index is 1650. The number of nitrogens with one attached hydrogen (secondary N) is 2. The Morgan fingerprint density at radius 3 is 1.32 bits per heavy atom. The maximum Gasteiger partial charge on any atom is 0.267 e. The number of anilines is 2. The van der Waals surface area contributed by atoms with E-state index in [0.29, 0.717) is 77.3 Å². The van der Waals surface area contributed by atoms with Crippen LogP contribution in [0, 0.1) is 27.7 Å². The number of benzene rings is 2. The largest absolute Gasteiger partial charge is 0.280 e. The number of hydrogen-bond donors (Lipinski definition) is 2. The number of aromatic nitrogens is 4. The number of H-pyrrole nitrogens is 2. The topological polar surface area (TPSA) is 132 Å². The van der Waals surface area contributed by atoms with Gasteiger partial charge >= 0.3 is 0 Å². The maximum atomic E-state index is 14.2. The second-order valence-corrected chi connectivity index (χ2v) is 12.3. The molecule has 0 saturated heterocycles. The minimum atomic E-state index is -0.511. The average molecular weight is 575 g/mol. The number of nitrogens with zero attached hydrogens (tertiary/aromatic N) is 4. The maximum absolute atomic E-state index is 14.2. The standard InChI is InChI=1S/C28H26N6O4S2/c1-7-39-17-9-15-20-19-16(26(36)33(27(37)21(17)19)23-11(3)29-30-12(23)4)10-18(40-8-2)22(20)28(38)34(25(15)35)24-13(5)31-32-14(24)6/h9-10H,7-8H2,1-6H3,(H,29,30)(H,31,32). The second-order valence-electron chi connectivity index (χ2n) is 9.67. The normalized spacial score (nSPS) is 14.8. The van der Waals surface area contributed by atoms with Crippen molar-refractivity contribution in [3.05, 3.63) is 57.2 Å². The predicted octanol–water partition coefficient (Wildman–Crippen LogP) is 5.34. The number of carbonyl (C=O) groups is 4. The zero-order valence-corrected chi connectivity index (χ0v) is 24.4. The van der Waals surface area contributed by atoms with Gasteiger partial charge in [0.15, 0.2) is 0 Å². The van der Waals surface area contributed by atoms with Crippen molar-refractivity contribution in [3.63, 3.8) is 0 Å². The fourth-order valence-corrected chi connectivity index (χ4v) is 7.38. The molecule has 4 heterocycles. The van der Waals surface area contributed by atoms with Crippen LogP contribution in [-0.2, 0) is 0 Å². The van der Waals surface area contributed by atoms with Crippen molar-refractivity contribution in [2.45, 2.75) is 51.3 Å². The first kappa shape index (κ1) is 26.3. The first-order valence-corrected chi connectivity index (χ1v) is 14.8. The molecule has 204 valence electrons. The summed E-state index contributed by atoms with van der Waals surface area (Å²) in [7, 11) is 0. The molecule has 0 aliphatic carbocycles. The lowest BCUT2D eigenvalue weighted by Crippen LogP contribution is -2.44. The Hall–Kier alpha value is -3.90. The third-order valence-electron chi connectivity index (χ3n) is 7.26. The van der Waals surface area contributed by atoms with Gasteiger partial charge in [-0.15, -0.1) is 23.5 Å². The molecule has 0 unspecified atom stereocenters. The lowest BCUT2D eigenvalue weighted by atomic mass is 9.85. The smallest absolute Gasteiger partial charge is 0.267 e. The van der Waals surface area contributed by atoms with Crippen LogP contribution in [-0.4, -0.2) is 55.5 Å². The molecule has 2 aromatic carbocycles. The lowest BCUT2D eigenvalue weighted by molar-refractivity contribution is 0.0870. The Balaban J connectivity index is 1.73. The Labute approximate surface area is 238 Å². The minimum absolute atomic E-state index is 0.286. The molecule has 0 saturated carbocycles. The van der Waals surface area contributed by atoms with Gasteiger partial charge in [-0.3, -0.25) is 29.4 Å². The zero-order valence-electron chi connectivity index (χ0n) is 22.8. The van der Waals surface area contributed by atoms with Crippen LogP contribution in [0.15, 0.2) is 21.9 Å². The number of thioether (sulfide) groups is 2. The van der Waals surface area contributed by atoms with Gasteiger partial charge in [0.05, 0.1) is 56.4 Å². The van der Waals surface area contributed by atoms with Crippen LogP contribution < -0.4 is 9.80 Å². The van der Waals surface area contributed by atoms with E-state index < -0.39 is 23.6 Å². The first-order valence-electron chi connectivity index (χ1n) is 12.9. The van der Waals surface area contributed by atoms with E-state index in [0.717, 1.165) is 0 Å². The van der Waals surface area contributed by atoms with Gasteiger partial charge in [-0.1, -0.05) is 13.8 Å². The van der Waals surface area contributed by atoms with Crippen LogP contribution in [0.4, 0.5) is 11.4 Å². The van der Waals surface area contributed by atoms with Crippen molar-refractivity contribution in [1.29, 1.82) is 0 Å². The summed E-state index contributed by atoms with van der Waals surface area (Å²) in [4.78, 5) is 60.2. The van der Waals surface area contributed by atoms with Crippen LogP contribution in [0.1, 0.15) is 78.1 Å². The Kier molecular flexibility index (Phi) is 6.15. The van der Waals surface area contributed by atoms with E-state index in [4.69, 9.17) is 0 Å². The van der Waals surface area contributed by atoms with Crippen LogP contribution in [0.25, 0.3) is 10.8 Å². The van der Waals surface area contributed by atoms with Crippen LogP contribution in [0.5, 0.6) is 0 Å². The molecule has 40 heavy (non-hydrogen) atoms. The van der Waals surface area contributed by atoms with Crippen molar-refractivity contribution < 1.29 is 19.2 Å². The minimum Gasteiger partial charge on any atom is -0.280 e. The summed E-state index contributed by atoms with van der Waals surface area (Å²) in [5, 5.41) is 14.9. The lowest BCUT2D eigenvalue weighted by Gasteiger charge is -2.34. The van der Waals surface area contributed by atoms with E-state index in [2.05, 4.69) is 20.4 Å². The number of carbonyl (C=O) groups excluding carboxylic acids is 4. The third kappa shape index (κ3) is 3.45. The quantitative estimate of drug-likeness (QED) is 0.233. The van der Waals surface area contributed by atoms with E-state index in [9.17, 15) is 19.2 Å². The van der Waals surface area contributed by atoms with Gasteiger partial charge in [-0.05, 0) is 51.3 Å². The zero-order chi connectivity index (χ0) is 28.6. The molecular weight excluding hydrogens is 548 g/mol. The summed E-state index contributed by atoms with van der Waals surface area (Å²) in [6, 6.07) is 3.40. The summed E-state index contributed by atoms with van der Waals surface area (Å²) < 4.78 is 0. The molecule has 0 fully saturated rings. The SMILES string of the molecule is CCSc1cc2c3c(c(SCC)cc4c3c1C(=O)N(c1c(C)n[nH]c1C)C4=O)C(=O)N(c1c(C)n[nH]c1C)C2=O. The van der Waals surface area contributed by atoms with Gasteiger partial charge in [0.2, 0.25) is 0 Å². The monoisotopic (exact) mass is 574 g/mol. The van der Waals surface area contributed by atoms with E-state index >= 15 is 0 Å². The van der Waals surface area contributed by atoms with E-state index in [1.807, 2.05) is 13.8 Å². The van der Waals surface area contributed by atoms with Gasteiger partial charge in [0.25, 0.3) is 23.6 Å². The highest BCUT2D eigenvalue weighted by Gasteiger charge is 2.45. The van der Waals surface area contributed by atoms with Crippen molar-refractivity contribution in [2.75, 3.05) is 21.3 Å². The molecule has 6 rings (SSSR count). The van der Waals surface area contributed by atoms with Crippen LogP contribution in [0.2, 0.25) is 0 Å². The summed E-state index contributed by atoms with van der Waals surface area (Å²) in [5.41, 5.74) is 4.26. The highest BCUT2D eigenvalue weighted by Crippen LogP contribution is 2.47. The summed E-state index contributed by atoms with van der Waals surface area (Å²) >= 11 is 2.83. The highest BCUT2D eigenvalue weighted by molar-refractivity contribution is 7.99. The van der Waals surface area contributed by atoms with Gasteiger partial charge in [0, 0.05) is 20.6 Å². The molecule has 12 heteroatoms. The molecule has 4 amide bonds. The molecular formula is C28H26N6O4S2. The van der Waals surface area contributed by atoms with Crippen LogP contribution in [0.3, 0.4) is 0 Å². The fraction of sp³-hybridized carbons (Fsp3) is 0.286. The second kappa shape index (κ2) is 9.34. The Morgan fingerprint density at radius 2 is 1.02 bits per heavy atom. The van der Waals surface area contributed by atoms with Crippen molar-refractivity contribution in [2.24, 2.45) is 0 Å². The van der Waals surface area contributed by atoms with E-state index in [1.54, 1.807) is 39.8 Å². The molecule has 0 atom stereocenters. The number of aryl methyl sites for hydroxylation is 4. The first-order chi connectivity index (χ1) is 19.1. The van der Waals surface area contributed by atoms with Gasteiger partial charge in [-0.25, -0.2) is 9.80 Å². The van der Waals surface area contributed by atoms with Gasteiger partial charge in [0.1, 0.15) is 0 Å². The number of imide groups is 2. The molecule has 2 aliphatic heterocycles. The molecule has 2 aromatic heterocycles. The molecule has 2 N–H and O–H groups in total. The predicted molar refractivity (Wildman–Crippen MR) is 155 cm³/mol. The Morgan fingerprint density at radius 1 is 0.650 bits per heavy atom. The summed E-state index contributed by atoms with van der Waals surface area (Å²) in [6.07, 6.45) is 0. The van der Waals surface area contributed by atoms with Crippen molar-refractivity contribution in [3.8, 4) is 0 Å². The highest BCUT2D eigenvalue weighted by atomic mass is 32.2. The van der Waals surface area contributed by atoms with Crippen molar-refractivity contribution >= 4 is 69.3 Å². The molecule has 0 bridgehead atoms. The summed E-state index contributed by atoms with van der Waals surface area (Å²) in [6.45, 7) is 10.9. The number of rotatable bonds is 6. The van der Waals surface area contributed by atoms with Crippen molar-refractivity contribution in [1.82, 2.24) is 20.4 Å².